The third-order valence-corrected chi connectivity index (χ3v) is 5.62. The molecule has 2 aromatic carbocycles. The zero-order valence-corrected chi connectivity index (χ0v) is 13.2. The normalized spacial score (nSPS) is 10.3. The quantitative estimate of drug-likeness (QED) is 0.536. The molecule has 20 heavy (non-hydrogen) atoms. The van der Waals surface area contributed by atoms with Crippen molar-refractivity contribution in [2.45, 2.75) is 9.79 Å². The number of rotatable bonds is 5. The molecule has 0 N–H and O–H groups in total. The smallest absolute Gasteiger partial charge is 0.152 e. The van der Waals surface area contributed by atoms with Crippen LogP contribution >= 0.6 is 44.8 Å². The first-order valence-electron chi connectivity index (χ1n) is 5.49. The zero-order valence-electron chi connectivity index (χ0n) is 10.0. The van der Waals surface area contributed by atoms with Gasteiger partial charge in [-0.1, -0.05) is 56.9 Å². The van der Waals surface area contributed by atoms with E-state index in [1.807, 2.05) is 0 Å². The predicted molar refractivity (Wildman–Crippen MR) is 85.4 cm³/mol. The van der Waals surface area contributed by atoms with Crippen LogP contribution in [0.4, 0.5) is 0 Å². The molecule has 102 valence electrons. The largest absolute Gasteiger partial charge is 0.298 e. The van der Waals surface area contributed by atoms with Crippen LogP contribution in [0.1, 0.15) is 20.7 Å². The second-order valence-electron chi connectivity index (χ2n) is 3.71. The second-order valence-corrected chi connectivity index (χ2v) is 6.73. The number of hydrogen-bond acceptors (Lipinski definition) is 4. The maximum atomic E-state index is 11.1. The van der Waals surface area contributed by atoms with Crippen LogP contribution in [0.25, 0.3) is 0 Å². The van der Waals surface area contributed by atoms with E-state index in [1.54, 1.807) is 36.4 Å². The van der Waals surface area contributed by atoms with E-state index in [-0.39, 0.29) is 0 Å². The Balaban J connectivity index is 2.26. The minimum Gasteiger partial charge on any atom is -0.298 e. The molecule has 0 aliphatic rings. The molecule has 0 spiro atoms. The summed E-state index contributed by atoms with van der Waals surface area (Å²) >= 11 is 11.9. The van der Waals surface area contributed by atoms with E-state index >= 15 is 0 Å². The van der Waals surface area contributed by atoms with E-state index < -0.39 is 0 Å². The lowest BCUT2D eigenvalue weighted by molar-refractivity contribution is 0.111. The summed E-state index contributed by atoms with van der Waals surface area (Å²) in [6, 6.07) is 10.5. The average molecular weight is 343 g/mol. The molecule has 0 unspecified atom stereocenters. The summed E-state index contributed by atoms with van der Waals surface area (Å²) in [7, 11) is 2.72. The van der Waals surface area contributed by atoms with E-state index in [1.165, 1.54) is 21.6 Å². The first-order valence-corrected chi connectivity index (χ1v) is 8.40. The van der Waals surface area contributed by atoms with Crippen molar-refractivity contribution in [1.29, 1.82) is 0 Å². The minimum atomic E-state index is 0.410. The van der Waals surface area contributed by atoms with Gasteiger partial charge >= 0.3 is 0 Å². The van der Waals surface area contributed by atoms with Crippen LogP contribution in [0.2, 0.25) is 10.0 Å². The van der Waals surface area contributed by atoms with Gasteiger partial charge in [0.1, 0.15) is 0 Å². The lowest BCUT2D eigenvalue weighted by atomic mass is 10.2. The van der Waals surface area contributed by atoms with E-state index in [2.05, 4.69) is 0 Å². The second kappa shape index (κ2) is 7.18. The standard InChI is InChI=1S/C14H8Cl2O2S2/c15-11-3-1-5-13(9(11)7-17)19-20-14-6-2-4-12(16)10(14)8-18/h1-8H. The van der Waals surface area contributed by atoms with Crippen LogP contribution in [0.5, 0.6) is 0 Å². The highest BCUT2D eigenvalue weighted by molar-refractivity contribution is 8.76. The van der Waals surface area contributed by atoms with Crippen LogP contribution < -0.4 is 0 Å². The van der Waals surface area contributed by atoms with Gasteiger partial charge in [-0.25, -0.2) is 0 Å². The fourth-order valence-electron chi connectivity index (χ4n) is 1.50. The molecule has 0 aliphatic carbocycles. The van der Waals surface area contributed by atoms with Gasteiger partial charge in [-0.2, -0.15) is 0 Å². The topological polar surface area (TPSA) is 34.1 Å². The van der Waals surface area contributed by atoms with Gasteiger partial charge in [0.15, 0.2) is 12.6 Å². The number of halogens is 2. The van der Waals surface area contributed by atoms with E-state index in [4.69, 9.17) is 23.2 Å². The molecule has 0 aliphatic heterocycles. The van der Waals surface area contributed by atoms with Gasteiger partial charge in [-0.15, -0.1) is 0 Å². The molecule has 2 aromatic rings. The van der Waals surface area contributed by atoms with Gasteiger partial charge in [0, 0.05) is 20.9 Å². The Hall–Kier alpha value is -0.940. The molecule has 0 saturated heterocycles. The molecule has 0 atom stereocenters. The molecule has 0 amide bonds. The van der Waals surface area contributed by atoms with Crippen LogP contribution in [0.15, 0.2) is 46.2 Å². The summed E-state index contributed by atoms with van der Waals surface area (Å²) in [5.74, 6) is 0. The first-order chi connectivity index (χ1) is 9.67. The Bertz CT molecular complexity index is 602. The molecule has 2 rings (SSSR count). The zero-order chi connectivity index (χ0) is 14.5. The molecular weight excluding hydrogens is 335 g/mol. The van der Waals surface area contributed by atoms with Gasteiger partial charge in [0.25, 0.3) is 0 Å². The van der Waals surface area contributed by atoms with Crippen molar-refractivity contribution >= 4 is 57.4 Å². The molecular formula is C14H8Cl2O2S2. The fraction of sp³-hybridized carbons (Fsp3) is 0. The molecule has 0 fully saturated rings. The van der Waals surface area contributed by atoms with Gasteiger partial charge in [-0.3, -0.25) is 9.59 Å². The molecule has 0 heterocycles. The maximum absolute atomic E-state index is 11.1. The highest BCUT2D eigenvalue weighted by Crippen LogP contribution is 2.42. The Kier molecular flexibility index (Phi) is 5.54. The first kappa shape index (κ1) is 15.4. The average Bonchev–Trinajstić information content (AvgIpc) is 2.45. The van der Waals surface area contributed by atoms with Gasteiger partial charge < -0.3 is 0 Å². The predicted octanol–water partition coefficient (Wildman–Crippen LogP) is 5.42. The Labute approximate surface area is 134 Å². The van der Waals surface area contributed by atoms with Crippen molar-refractivity contribution in [2.75, 3.05) is 0 Å². The highest BCUT2D eigenvalue weighted by Gasteiger charge is 2.11. The van der Waals surface area contributed by atoms with Crippen molar-refractivity contribution < 1.29 is 9.59 Å². The number of aldehydes is 2. The van der Waals surface area contributed by atoms with Crippen molar-refractivity contribution in [2.24, 2.45) is 0 Å². The van der Waals surface area contributed by atoms with Gasteiger partial charge in [0.2, 0.25) is 0 Å². The Morgan fingerprint density at radius 1 is 0.750 bits per heavy atom. The number of hydrogen-bond donors (Lipinski definition) is 0. The van der Waals surface area contributed by atoms with Crippen molar-refractivity contribution in [3.63, 3.8) is 0 Å². The summed E-state index contributed by atoms with van der Waals surface area (Å²) in [5, 5.41) is 0.819. The Morgan fingerprint density at radius 2 is 1.15 bits per heavy atom. The third kappa shape index (κ3) is 3.38. The fourth-order valence-corrected chi connectivity index (χ4v) is 4.40. The monoisotopic (exact) mass is 342 g/mol. The van der Waals surface area contributed by atoms with Crippen LogP contribution in [-0.4, -0.2) is 12.6 Å². The van der Waals surface area contributed by atoms with Crippen molar-refractivity contribution in [3.8, 4) is 0 Å². The lowest BCUT2D eigenvalue weighted by Crippen LogP contribution is -1.87. The SMILES string of the molecule is O=Cc1c(Cl)cccc1SSc1cccc(Cl)c1C=O. The summed E-state index contributed by atoms with van der Waals surface area (Å²) in [6.45, 7) is 0. The van der Waals surface area contributed by atoms with E-state index in [9.17, 15) is 9.59 Å². The number of carbonyl (C=O) groups is 2. The molecule has 6 heteroatoms. The number of benzene rings is 2. The maximum Gasteiger partial charge on any atom is 0.152 e. The molecule has 0 radical (unpaired) electrons. The van der Waals surface area contributed by atoms with Gasteiger partial charge in [-0.05, 0) is 24.3 Å². The van der Waals surface area contributed by atoms with Crippen molar-refractivity contribution in [3.05, 3.63) is 57.6 Å². The van der Waals surface area contributed by atoms with Crippen LogP contribution in [0.3, 0.4) is 0 Å². The molecule has 2 nitrogen and oxygen atoms in total. The summed E-state index contributed by atoms with van der Waals surface area (Å²) < 4.78 is 0. The van der Waals surface area contributed by atoms with Crippen molar-refractivity contribution in [1.82, 2.24) is 0 Å². The summed E-state index contributed by atoms with van der Waals surface area (Å²) in [4.78, 5) is 23.6. The van der Waals surface area contributed by atoms with E-state index in [0.29, 0.717) is 21.2 Å². The lowest BCUT2D eigenvalue weighted by Gasteiger charge is -2.07. The summed E-state index contributed by atoms with van der Waals surface area (Å²) in [5.41, 5.74) is 0.891. The number of carbonyl (C=O) groups excluding carboxylic acids is 2. The van der Waals surface area contributed by atoms with Crippen LogP contribution in [-0.2, 0) is 0 Å². The molecule has 0 bridgehead atoms. The molecule has 0 aromatic heterocycles. The highest BCUT2D eigenvalue weighted by atomic mass is 35.5. The molecule has 0 saturated carbocycles. The third-order valence-electron chi connectivity index (χ3n) is 2.48. The Morgan fingerprint density at radius 3 is 1.50 bits per heavy atom. The van der Waals surface area contributed by atoms with Gasteiger partial charge in [0.05, 0.1) is 10.0 Å². The minimum absolute atomic E-state index is 0.410. The van der Waals surface area contributed by atoms with E-state index in [0.717, 1.165) is 22.4 Å². The summed E-state index contributed by atoms with van der Waals surface area (Å²) in [6.07, 6.45) is 1.45. The van der Waals surface area contributed by atoms with Crippen LogP contribution in [0, 0.1) is 0 Å².